The summed E-state index contributed by atoms with van der Waals surface area (Å²) in [6.07, 6.45) is 0. The van der Waals surface area contributed by atoms with Gasteiger partial charge >= 0.3 is 6.03 Å². The van der Waals surface area contributed by atoms with E-state index >= 15 is 0 Å². The van der Waals surface area contributed by atoms with Gasteiger partial charge in [-0.1, -0.05) is 66.2 Å². The van der Waals surface area contributed by atoms with Crippen molar-refractivity contribution < 1.29 is 4.79 Å². The molecule has 1 unspecified atom stereocenters. The normalized spacial score (nSPS) is 15.9. The predicted octanol–water partition coefficient (Wildman–Crippen LogP) is 4.67. The van der Waals surface area contributed by atoms with Gasteiger partial charge in [-0.25, -0.2) is 14.2 Å². The molecule has 1 aliphatic heterocycles. The number of hydrogen-bond donors (Lipinski definition) is 1. The average Bonchev–Trinajstić information content (AvgIpc) is 3.37. The summed E-state index contributed by atoms with van der Waals surface area (Å²) < 4.78 is 2.06. The highest BCUT2D eigenvalue weighted by Gasteiger charge is 2.30. The summed E-state index contributed by atoms with van der Waals surface area (Å²) in [4.78, 5) is 22.2. The van der Waals surface area contributed by atoms with Gasteiger partial charge in [0.05, 0.1) is 5.52 Å². The number of fused-ring (bicyclic) bond motifs is 3. The Labute approximate surface area is 215 Å². The van der Waals surface area contributed by atoms with Crippen LogP contribution in [0.5, 0.6) is 0 Å². The first-order chi connectivity index (χ1) is 18.1. The van der Waals surface area contributed by atoms with Gasteiger partial charge in [-0.2, -0.15) is 0 Å². The molecule has 5 aromatic rings. The number of aryl methyl sites for hydroxylation is 1. The minimum Gasteiger partial charge on any atom is -0.338 e. The van der Waals surface area contributed by atoms with Crippen LogP contribution < -0.4 is 10.2 Å². The van der Waals surface area contributed by atoms with E-state index < -0.39 is 0 Å². The lowest BCUT2D eigenvalue weighted by Gasteiger charge is -2.40. The number of amides is 2. The van der Waals surface area contributed by atoms with E-state index in [4.69, 9.17) is 4.98 Å². The number of rotatable bonds is 4. The summed E-state index contributed by atoms with van der Waals surface area (Å²) in [6, 6.07) is 26.3. The van der Waals surface area contributed by atoms with Gasteiger partial charge in [-0.15, -0.1) is 10.2 Å². The Morgan fingerprint density at radius 1 is 0.973 bits per heavy atom. The molecule has 8 heteroatoms. The minimum absolute atomic E-state index is 0.00624. The van der Waals surface area contributed by atoms with Crippen LogP contribution in [-0.2, 0) is 6.54 Å². The molecule has 0 saturated carbocycles. The number of hydrogen-bond acceptors (Lipinski definition) is 5. The van der Waals surface area contributed by atoms with Crippen LogP contribution in [-0.4, -0.2) is 56.2 Å². The van der Waals surface area contributed by atoms with Crippen LogP contribution in [0.4, 0.5) is 10.7 Å². The standard InChI is InChI=1S/C29H29N7O/c1-20-9-8-12-23(17-20)26-32-33-27-24-13-6-7-14-25(24)31-28(36(26)27)34-15-16-35(21(2)19-34)29(37)30-18-22-10-4-3-5-11-22/h3-14,17,21H,15-16,18-19H2,1-2H3,(H,30,37). The number of carbonyl (C=O) groups excluding carboxylic acids is 1. The van der Waals surface area contributed by atoms with Crippen molar-refractivity contribution in [3.63, 3.8) is 0 Å². The Bertz CT molecular complexity index is 1580. The number of carbonyl (C=O) groups is 1. The van der Waals surface area contributed by atoms with Gasteiger partial charge in [0.15, 0.2) is 11.5 Å². The van der Waals surface area contributed by atoms with Crippen molar-refractivity contribution in [1.29, 1.82) is 0 Å². The average molecular weight is 492 g/mol. The van der Waals surface area contributed by atoms with Crippen LogP contribution in [0.2, 0.25) is 0 Å². The third kappa shape index (κ3) is 4.35. The van der Waals surface area contributed by atoms with Gasteiger partial charge in [0.25, 0.3) is 0 Å². The second-order valence-corrected chi connectivity index (χ2v) is 9.61. The Balaban J connectivity index is 1.32. The lowest BCUT2D eigenvalue weighted by molar-refractivity contribution is 0.170. The molecule has 0 bridgehead atoms. The van der Waals surface area contributed by atoms with Crippen molar-refractivity contribution in [1.82, 2.24) is 29.8 Å². The van der Waals surface area contributed by atoms with E-state index in [9.17, 15) is 4.79 Å². The first-order valence-electron chi connectivity index (χ1n) is 12.6. The van der Waals surface area contributed by atoms with Gasteiger partial charge in [0, 0.05) is 43.2 Å². The predicted molar refractivity (Wildman–Crippen MR) is 146 cm³/mol. The molecular formula is C29H29N7O. The van der Waals surface area contributed by atoms with E-state index in [2.05, 4.69) is 56.9 Å². The maximum absolute atomic E-state index is 13.0. The van der Waals surface area contributed by atoms with E-state index in [1.54, 1.807) is 0 Å². The van der Waals surface area contributed by atoms with Crippen LogP contribution in [0.1, 0.15) is 18.1 Å². The highest BCUT2D eigenvalue weighted by Crippen LogP contribution is 2.29. The molecule has 3 aromatic carbocycles. The monoisotopic (exact) mass is 491 g/mol. The number of benzene rings is 3. The summed E-state index contributed by atoms with van der Waals surface area (Å²) in [5, 5.41) is 13.2. The summed E-state index contributed by atoms with van der Waals surface area (Å²) >= 11 is 0. The molecule has 6 rings (SSSR count). The highest BCUT2D eigenvalue weighted by molar-refractivity contribution is 5.93. The van der Waals surface area contributed by atoms with E-state index in [1.807, 2.05) is 65.6 Å². The molecule has 0 radical (unpaired) electrons. The lowest BCUT2D eigenvalue weighted by atomic mass is 10.1. The first-order valence-corrected chi connectivity index (χ1v) is 12.6. The Morgan fingerprint density at radius 3 is 2.59 bits per heavy atom. The number of para-hydroxylation sites is 1. The maximum atomic E-state index is 13.0. The smallest absolute Gasteiger partial charge is 0.318 e. The number of nitrogens with zero attached hydrogens (tertiary/aromatic N) is 6. The number of nitrogens with one attached hydrogen (secondary N) is 1. The summed E-state index contributed by atoms with van der Waals surface area (Å²) in [6.45, 7) is 6.59. The van der Waals surface area contributed by atoms with E-state index in [0.29, 0.717) is 26.2 Å². The Kier molecular flexibility index (Phi) is 5.92. The SMILES string of the molecule is Cc1cccc(-c2nnc3c4ccccc4nc(N4CCN(C(=O)NCc5ccccc5)C(C)C4)n23)c1. The van der Waals surface area contributed by atoms with Gasteiger partial charge < -0.3 is 15.1 Å². The third-order valence-corrected chi connectivity index (χ3v) is 6.96. The van der Waals surface area contributed by atoms with Crippen LogP contribution in [0.25, 0.3) is 27.9 Å². The fourth-order valence-corrected chi connectivity index (χ4v) is 5.07. The fourth-order valence-electron chi connectivity index (χ4n) is 5.07. The highest BCUT2D eigenvalue weighted by atomic mass is 16.2. The van der Waals surface area contributed by atoms with Crippen LogP contribution in [0.3, 0.4) is 0 Å². The zero-order valence-corrected chi connectivity index (χ0v) is 21.0. The molecule has 0 aliphatic carbocycles. The number of piperazine rings is 1. The molecule has 186 valence electrons. The largest absolute Gasteiger partial charge is 0.338 e. The van der Waals surface area contributed by atoms with Crippen molar-refractivity contribution in [2.24, 2.45) is 0 Å². The molecule has 8 nitrogen and oxygen atoms in total. The van der Waals surface area contributed by atoms with Crippen molar-refractivity contribution in [2.45, 2.75) is 26.4 Å². The quantitative estimate of drug-likeness (QED) is 0.395. The van der Waals surface area contributed by atoms with Crippen LogP contribution in [0, 0.1) is 6.92 Å². The number of urea groups is 1. The molecule has 37 heavy (non-hydrogen) atoms. The number of anilines is 1. The lowest BCUT2D eigenvalue weighted by Crippen LogP contribution is -2.57. The first kappa shape index (κ1) is 23.0. The van der Waals surface area contributed by atoms with Gasteiger partial charge in [-0.05, 0) is 37.6 Å². The van der Waals surface area contributed by atoms with Crippen molar-refractivity contribution in [2.75, 3.05) is 24.5 Å². The zero-order chi connectivity index (χ0) is 25.4. The molecule has 1 saturated heterocycles. The molecule has 0 spiro atoms. The molecule has 1 aliphatic rings. The third-order valence-electron chi connectivity index (χ3n) is 6.96. The Morgan fingerprint density at radius 2 is 1.78 bits per heavy atom. The molecule has 1 fully saturated rings. The van der Waals surface area contributed by atoms with Gasteiger partial charge in [0.2, 0.25) is 5.95 Å². The summed E-state index contributed by atoms with van der Waals surface area (Å²) in [5.74, 6) is 1.56. The molecule has 2 amide bonds. The summed E-state index contributed by atoms with van der Waals surface area (Å²) in [5.41, 5.74) is 4.91. The van der Waals surface area contributed by atoms with Crippen molar-refractivity contribution in [3.05, 3.63) is 90.0 Å². The second kappa shape index (κ2) is 9.54. The molecule has 2 aromatic heterocycles. The molecular weight excluding hydrogens is 462 g/mol. The van der Waals surface area contributed by atoms with Gasteiger partial charge in [-0.3, -0.25) is 0 Å². The van der Waals surface area contributed by atoms with Gasteiger partial charge in [0.1, 0.15) is 0 Å². The van der Waals surface area contributed by atoms with Crippen LogP contribution in [0.15, 0.2) is 78.9 Å². The molecule has 1 N–H and O–H groups in total. The Hall–Kier alpha value is -4.46. The number of aromatic nitrogens is 4. The molecule has 1 atom stereocenters. The maximum Gasteiger partial charge on any atom is 0.318 e. The summed E-state index contributed by atoms with van der Waals surface area (Å²) in [7, 11) is 0. The van der Waals surface area contributed by atoms with Crippen molar-refractivity contribution >= 4 is 28.5 Å². The molecule has 3 heterocycles. The fraction of sp³-hybridized carbons (Fsp3) is 0.241. The van der Waals surface area contributed by atoms with E-state index in [-0.39, 0.29) is 12.1 Å². The van der Waals surface area contributed by atoms with E-state index in [1.165, 1.54) is 0 Å². The minimum atomic E-state index is -0.0441. The van der Waals surface area contributed by atoms with Crippen LogP contribution >= 0.6 is 0 Å². The van der Waals surface area contributed by atoms with E-state index in [0.717, 1.165) is 45.0 Å². The topological polar surface area (TPSA) is 78.7 Å². The van der Waals surface area contributed by atoms with Crippen molar-refractivity contribution in [3.8, 4) is 11.4 Å². The second-order valence-electron chi connectivity index (χ2n) is 9.61. The zero-order valence-electron chi connectivity index (χ0n) is 21.0.